The molecule has 15 heteroatoms. The zero-order valence-electron chi connectivity index (χ0n) is 40.0. The molecule has 0 amide bonds. The van der Waals surface area contributed by atoms with Crippen molar-refractivity contribution in [2.45, 2.75) is 122 Å². The number of carboxylic acids is 1. The lowest BCUT2D eigenvalue weighted by molar-refractivity contribution is -0.143. The van der Waals surface area contributed by atoms with Crippen LogP contribution < -0.4 is 4.74 Å². The Labute approximate surface area is 394 Å². The monoisotopic (exact) mass is 955 g/mol. The number of carboxylic acid groups (broad SMARTS) is 1. The Hall–Kier alpha value is -5.64. The van der Waals surface area contributed by atoms with Crippen molar-refractivity contribution < 1.29 is 45.8 Å². The SMILES string of the molecule is CCOC(=O)CCc1cccc(C(CCCCC(C)(C)CO[Si](C)(C)C(C)(C)C)n2ccc(-c3cc(Oc4c(F)cc5c(ccn5S(=O)(=O)c5ccc(C)cc5)c4CC(=O)O)ccc3F)n2)c1. The number of aryl methyl sites for hydroxylation is 2. The molecule has 0 spiro atoms. The van der Waals surface area contributed by atoms with Crippen LogP contribution in [0, 0.1) is 24.0 Å². The minimum Gasteiger partial charge on any atom is -0.481 e. The first-order valence-electron chi connectivity index (χ1n) is 22.8. The average molecular weight is 956 g/mol. The summed E-state index contributed by atoms with van der Waals surface area (Å²) in [5.41, 5.74) is 2.97. The maximum atomic E-state index is 16.2. The number of fused-ring (bicyclic) bond motifs is 1. The van der Waals surface area contributed by atoms with Gasteiger partial charge in [-0.05, 0) is 110 Å². The third kappa shape index (κ3) is 12.3. The number of benzene rings is 4. The summed E-state index contributed by atoms with van der Waals surface area (Å²) in [6.07, 6.45) is 6.58. The highest BCUT2D eigenvalue weighted by Gasteiger charge is 2.38. The number of esters is 1. The number of aliphatic carboxylic acids is 1. The summed E-state index contributed by atoms with van der Waals surface area (Å²) in [5.74, 6) is -3.60. The van der Waals surface area contributed by atoms with Crippen molar-refractivity contribution in [3.63, 3.8) is 0 Å². The minimum absolute atomic E-state index is 0.00791. The molecule has 1 N–H and O–H groups in total. The molecule has 0 fully saturated rings. The minimum atomic E-state index is -4.18. The molecular formula is C52H63F2N3O8SSi. The highest BCUT2D eigenvalue weighted by atomic mass is 32.2. The second kappa shape index (κ2) is 20.7. The molecule has 1 unspecified atom stereocenters. The molecular weight excluding hydrogens is 893 g/mol. The van der Waals surface area contributed by atoms with E-state index in [2.05, 4.69) is 53.8 Å². The van der Waals surface area contributed by atoms with Crippen LogP contribution in [0.3, 0.4) is 0 Å². The van der Waals surface area contributed by atoms with Gasteiger partial charge in [-0.2, -0.15) is 5.10 Å². The largest absolute Gasteiger partial charge is 0.481 e. The van der Waals surface area contributed by atoms with Crippen molar-refractivity contribution in [1.82, 2.24) is 13.8 Å². The predicted octanol–water partition coefficient (Wildman–Crippen LogP) is 12.4. The fourth-order valence-electron chi connectivity index (χ4n) is 7.78. The van der Waals surface area contributed by atoms with Crippen LogP contribution in [0.15, 0.2) is 102 Å². The van der Waals surface area contributed by atoms with Gasteiger partial charge in [-0.25, -0.2) is 21.2 Å². The Balaban J connectivity index is 1.28. The van der Waals surface area contributed by atoms with Gasteiger partial charge in [0.2, 0.25) is 0 Å². The van der Waals surface area contributed by atoms with Crippen LogP contribution in [-0.4, -0.2) is 60.7 Å². The van der Waals surface area contributed by atoms with Crippen molar-refractivity contribution in [3.8, 4) is 22.8 Å². The van der Waals surface area contributed by atoms with E-state index in [4.69, 9.17) is 19.0 Å². The molecule has 11 nitrogen and oxygen atoms in total. The summed E-state index contributed by atoms with van der Waals surface area (Å²) in [6.45, 7) is 20.3. The maximum absolute atomic E-state index is 16.2. The van der Waals surface area contributed by atoms with Crippen LogP contribution in [0.25, 0.3) is 22.2 Å². The molecule has 0 bridgehead atoms. The normalized spacial score (nSPS) is 12.9. The van der Waals surface area contributed by atoms with E-state index in [9.17, 15) is 23.1 Å². The van der Waals surface area contributed by atoms with Crippen molar-refractivity contribution in [2.24, 2.45) is 5.41 Å². The Morgan fingerprint density at radius 1 is 0.896 bits per heavy atom. The van der Waals surface area contributed by atoms with Gasteiger partial charge in [0.25, 0.3) is 10.0 Å². The lowest BCUT2D eigenvalue weighted by Gasteiger charge is -2.39. The lowest BCUT2D eigenvalue weighted by Crippen LogP contribution is -2.43. The second-order valence-electron chi connectivity index (χ2n) is 19.5. The molecule has 0 aliphatic heterocycles. The number of carbonyl (C=O) groups is 2. The molecule has 0 radical (unpaired) electrons. The van der Waals surface area contributed by atoms with E-state index in [1.165, 1.54) is 42.6 Å². The van der Waals surface area contributed by atoms with Crippen LogP contribution in [0.2, 0.25) is 18.1 Å². The first-order valence-corrected chi connectivity index (χ1v) is 27.1. The van der Waals surface area contributed by atoms with Gasteiger partial charge in [0.15, 0.2) is 19.9 Å². The Bertz CT molecular complexity index is 2830. The van der Waals surface area contributed by atoms with Crippen LogP contribution in [0.1, 0.15) is 102 Å². The highest BCUT2D eigenvalue weighted by molar-refractivity contribution is 7.90. The van der Waals surface area contributed by atoms with Crippen LogP contribution in [-0.2, 0) is 41.6 Å². The number of nitrogens with zero attached hydrogens (tertiary/aromatic N) is 3. The number of hydrogen-bond donors (Lipinski definition) is 1. The molecule has 67 heavy (non-hydrogen) atoms. The molecule has 0 aliphatic rings. The van der Waals surface area contributed by atoms with E-state index < -0.39 is 48.1 Å². The zero-order chi connectivity index (χ0) is 48.9. The Kier molecular flexibility index (Phi) is 15.7. The summed E-state index contributed by atoms with van der Waals surface area (Å²) in [5, 5.41) is 15.1. The van der Waals surface area contributed by atoms with Crippen LogP contribution in [0.5, 0.6) is 11.5 Å². The van der Waals surface area contributed by atoms with Gasteiger partial charge in [-0.15, -0.1) is 0 Å². The zero-order valence-corrected chi connectivity index (χ0v) is 41.8. The average Bonchev–Trinajstić information content (AvgIpc) is 3.92. The fourth-order valence-corrected chi connectivity index (χ4v) is 10.3. The lowest BCUT2D eigenvalue weighted by atomic mass is 9.87. The van der Waals surface area contributed by atoms with Crippen LogP contribution >= 0.6 is 0 Å². The maximum Gasteiger partial charge on any atom is 0.307 e. The topological polar surface area (TPSA) is 139 Å². The smallest absolute Gasteiger partial charge is 0.307 e. The van der Waals surface area contributed by atoms with E-state index in [0.29, 0.717) is 19.6 Å². The molecule has 6 rings (SSSR count). The van der Waals surface area contributed by atoms with Gasteiger partial charge in [0.05, 0.1) is 35.2 Å². The molecule has 358 valence electrons. The summed E-state index contributed by atoms with van der Waals surface area (Å²) in [4.78, 5) is 24.4. The molecule has 2 aromatic heterocycles. The molecule has 0 saturated carbocycles. The molecule has 1 atom stereocenters. The molecule has 0 aliphatic carbocycles. The summed E-state index contributed by atoms with van der Waals surface area (Å²) < 4.78 is 79.9. The number of unbranched alkanes of at least 4 members (excludes halogenated alkanes) is 1. The van der Waals surface area contributed by atoms with Crippen molar-refractivity contribution in [3.05, 3.63) is 131 Å². The van der Waals surface area contributed by atoms with E-state index in [1.54, 1.807) is 31.3 Å². The third-order valence-corrected chi connectivity index (χ3v) is 18.9. The number of halogens is 2. The van der Waals surface area contributed by atoms with Crippen molar-refractivity contribution in [1.29, 1.82) is 0 Å². The summed E-state index contributed by atoms with van der Waals surface area (Å²) >= 11 is 0. The molecule has 0 saturated heterocycles. The quantitative estimate of drug-likeness (QED) is 0.0424. The van der Waals surface area contributed by atoms with Crippen LogP contribution in [0.4, 0.5) is 8.78 Å². The standard InChI is InChI=1S/C52H63F2N3O8SSi/c1-10-63-49(60)24-19-36-14-13-15-37(30-36)46(16-11-12-27-52(6,7)34-64-67(8,9)51(3,4)5)56-28-26-45(55-56)42-31-38(20-23-43(42)53)65-50-41(32-48(58)59)40-25-29-57(47(40)33-44(50)54)66(61,62)39-21-17-35(2)18-22-39/h13-15,17-18,20-23,25-26,28-31,33,46H,10-12,16,19,24,27,32,34H2,1-9H3,(H,58,59). The van der Waals surface area contributed by atoms with E-state index in [1.807, 2.05) is 29.8 Å². The first kappa shape index (κ1) is 50.8. The molecule has 4 aromatic carbocycles. The second-order valence-corrected chi connectivity index (χ2v) is 26.2. The van der Waals surface area contributed by atoms with Crippen molar-refractivity contribution >= 4 is 41.2 Å². The number of carbonyl (C=O) groups excluding carboxylic acids is 1. The summed E-state index contributed by atoms with van der Waals surface area (Å²) in [6, 6.07) is 21.9. The van der Waals surface area contributed by atoms with Crippen molar-refractivity contribution in [2.75, 3.05) is 13.2 Å². The number of hydrogen-bond acceptors (Lipinski definition) is 8. The number of rotatable bonds is 21. The fraction of sp³-hybridized carbons (Fsp3) is 0.404. The Morgan fingerprint density at radius 3 is 2.31 bits per heavy atom. The summed E-state index contributed by atoms with van der Waals surface area (Å²) in [7, 11) is -6.09. The Morgan fingerprint density at radius 2 is 1.63 bits per heavy atom. The first-order chi connectivity index (χ1) is 31.5. The molecule has 6 aromatic rings. The number of aromatic nitrogens is 3. The van der Waals surface area contributed by atoms with Gasteiger partial charge in [-0.1, -0.05) is 89.4 Å². The predicted molar refractivity (Wildman–Crippen MR) is 260 cm³/mol. The van der Waals surface area contributed by atoms with Gasteiger partial charge in [0.1, 0.15) is 11.6 Å². The van der Waals surface area contributed by atoms with E-state index in [0.717, 1.165) is 52.4 Å². The van der Waals surface area contributed by atoms with Gasteiger partial charge >= 0.3 is 11.9 Å². The van der Waals surface area contributed by atoms with E-state index >= 15 is 8.78 Å². The van der Waals surface area contributed by atoms with Gasteiger partial charge < -0.3 is 19.0 Å². The van der Waals surface area contributed by atoms with Gasteiger partial charge in [0, 0.05) is 48.0 Å². The molecule has 2 heterocycles. The van der Waals surface area contributed by atoms with E-state index in [-0.39, 0.29) is 67.3 Å². The van der Waals surface area contributed by atoms with Gasteiger partial charge in [-0.3, -0.25) is 14.3 Å². The third-order valence-electron chi connectivity index (χ3n) is 12.7. The number of ether oxygens (including phenoxy) is 2. The highest BCUT2D eigenvalue weighted by Crippen LogP contribution is 2.40.